The van der Waals surface area contributed by atoms with Crippen molar-refractivity contribution in [3.8, 4) is 11.1 Å². The van der Waals surface area contributed by atoms with E-state index in [1.807, 2.05) is 78.9 Å². The molecule has 0 aliphatic heterocycles. The normalized spacial score (nSPS) is 10.3. The largest absolute Gasteiger partial charge is 0.369 e. The van der Waals surface area contributed by atoms with Crippen LogP contribution < -0.4 is 11.1 Å². The van der Waals surface area contributed by atoms with Crippen LogP contribution in [0.5, 0.6) is 0 Å². The maximum absolute atomic E-state index is 12.4. The van der Waals surface area contributed by atoms with Crippen LogP contribution in [0.3, 0.4) is 0 Å². The molecule has 0 aromatic heterocycles. The second kappa shape index (κ2) is 8.12. The highest BCUT2D eigenvalue weighted by Crippen LogP contribution is 2.28. The molecule has 2 amide bonds. The molecule has 4 heteroatoms. The fraction of sp³-hybridized carbons (Fsp3) is 0.0909. The minimum Gasteiger partial charge on any atom is -0.369 e. The molecule has 26 heavy (non-hydrogen) atoms. The molecular weight excluding hydrogens is 324 g/mol. The SMILES string of the molecule is NC(=O)Cc1ccccc1-c1ccccc1CC(=O)Nc1ccccc1. The molecule has 3 N–H and O–H groups in total. The van der Waals surface area contributed by atoms with E-state index in [2.05, 4.69) is 5.32 Å². The summed E-state index contributed by atoms with van der Waals surface area (Å²) in [5.41, 5.74) is 9.76. The molecule has 4 nitrogen and oxygen atoms in total. The van der Waals surface area contributed by atoms with Gasteiger partial charge < -0.3 is 11.1 Å². The van der Waals surface area contributed by atoms with Crippen molar-refractivity contribution < 1.29 is 9.59 Å². The van der Waals surface area contributed by atoms with E-state index in [9.17, 15) is 9.59 Å². The molecule has 0 bridgehead atoms. The Labute approximate surface area is 152 Å². The van der Waals surface area contributed by atoms with Gasteiger partial charge in [0.15, 0.2) is 0 Å². The topological polar surface area (TPSA) is 72.2 Å². The van der Waals surface area contributed by atoms with E-state index >= 15 is 0 Å². The van der Waals surface area contributed by atoms with Gasteiger partial charge >= 0.3 is 0 Å². The van der Waals surface area contributed by atoms with E-state index in [1.54, 1.807) is 0 Å². The Morgan fingerprint density at radius 2 is 1.19 bits per heavy atom. The smallest absolute Gasteiger partial charge is 0.228 e. The zero-order chi connectivity index (χ0) is 18.4. The Kier molecular flexibility index (Phi) is 5.44. The van der Waals surface area contributed by atoms with Crippen molar-refractivity contribution in [1.29, 1.82) is 0 Å². The number of anilines is 1. The Hall–Kier alpha value is -3.40. The number of hydrogen-bond acceptors (Lipinski definition) is 2. The van der Waals surface area contributed by atoms with Gasteiger partial charge in [0.1, 0.15) is 0 Å². The fourth-order valence-corrected chi connectivity index (χ4v) is 2.96. The molecule has 0 saturated carbocycles. The monoisotopic (exact) mass is 344 g/mol. The van der Waals surface area contributed by atoms with Gasteiger partial charge in [0, 0.05) is 5.69 Å². The maximum Gasteiger partial charge on any atom is 0.228 e. The average Bonchev–Trinajstić information content (AvgIpc) is 2.63. The number of hydrogen-bond donors (Lipinski definition) is 2. The number of benzene rings is 3. The maximum atomic E-state index is 12.4. The van der Waals surface area contributed by atoms with Crippen molar-refractivity contribution in [2.45, 2.75) is 12.8 Å². The minimum atomic E-state index is -0.378. The Morgan fingerprint density at radius 1 is 0.692 bits per heavy atom. The van der Waals surface area contributed by atoms with Gasteiger partial charge in [-0.25, -0.2) is 0 Å². The Morgan fingerprint density at radius 3 is 1.77 bits per heavy atom. The summed E-state index contributed by atoms with van der Waals surface area (Å²) in [7, 11) is 0. The van der Waals surface area contributed by atoms with E-state index in [4.69, 9.17) is 5.73 Å². The zero-order valence-corrected chi connectivity index (χ0v) is 14.3. The first-order valence-corrected chi connectivity index (χ1v) is 8.43. The molecular formula is C22H20N2O2. The highest BCUT2D eigenvalue weighted by atomic mass is 16.1. The van der Waals surface area contributed by atoms with Crippen LogP contribution in [-0.4, -0.2) is 11.8 Å². The van der Waals surface area contributed by atoms with Gasteiger partial charge in [0.25, 0.3) is 0 Å². The van der Waals surface area contributed by atoms with Gasteiger partial charge in [-0.15, -0.1) is 0 Å². The standard InChI is InChI=1S/C22H20N2O2/c23-21(25)14-16-8-4-6-12-19(16)20-13-7-5-9-17(20)15-22(26)24-18-10-2-1-3-11-18/h1-13H,14-15H2,(H2,23,25)(H,24,26). The molecule has 0 atom stereocenters. The quantitative estimate of drug-likeness (QED) is 0.717. The van der Waals surface area contributed by atoms with Gasteiger partial charge in [-0.3, -0.25) is 9.59 Å². The number of carbonyl (C=O) groups is 2. The van der Waals surface area contributed by atoms with Crippen LogP contribution in [0.15, 0.2) is 78.9 Å². The predicted octanol–water partition coefficient (Wildman–Crippen LogP) is 3.56. The summed E-state index contributed by atoms with van der Waals surface area (Å²) in [4.78, 5) is 23.8. The molecule has 0 fully saturated rings. The van der Waals surface area contributed by atoms with E-state index in [0.717, 1.165) is 27.9 Å². The number of nitrogens with two attached hydrogens (primary N) is 1. The lowest BCUT2D eigenvalue weighted by atomic mass is 9.92. The third-order valence-corrected chi connectivity index (χ3v) is 4.10. The van der Waals surface area contributed by atoms with E-state index < -0.39 is 0 Å². The van der Waals surface area contributed by atoms with Crippen LogP contribution in [0.4, 0.5) is 5.69 Å². The van der Waals surface area contributed by atoms with Crippen molar-refractivity contribution in [2.75, 3.05) is 5.32 Å². The van der Waals surface area contributed by atoms with Gasteiger partial charge in [-0.2, -0.15) is 0 Å². The first kappa shape index (κ1) is 17.4. The Bertz CT molecular complexity index is 920. The summed E-state index contributed by atoms with van der Waals surface area (Å²) in [6.45, 7) is 0. The molecule has 0 spiro atoms. The van der Waals surface area contributed by atoms with Crippen LogP contribution in [0.25, 0.3) is 11.1 Å². The molecule has 0 aliphatic carbocycles. The highest BCUT2D eigenvalue weighted by molar-refractivity contribution is 5.93. The van der Waals surface area contributed by atoms with Gasteiger partial charge in [0.05, 0.1) is 12.8 Å². The lowest BCUT2D eigenvalue weighted by Crippen LogP contribution is -2.16. The summed E-state index contributed by atoms with van der Waals surface area (Å²) < 4.78 is 0. The predicted molar refractivity (Wildman–Crippen MR) is 104 cm³/mol. The lowest BCUT2D eigenvalue weighted by Gasteiger charge is -2.13. The van der Waals surface area contributed by atoms with Crippen LogP contribution in [0.2, 0.25) is 0 Å². The summed E-state index contributed by atoms with van der Waals surface area (Å²) in [6.07, 6.45) is 0.413. The second-order valence-corrected chi connectivity index (χ2v) is 6.05. The van der Waals surface area contributed by atoms with E-state index in [-0.39, 0.29) is 24.7 Å². The van der Waals surface area contributed by atoms with Crippen molar-refractivity contribution >= 4 is 17.5 Å². The molecule has 0 aliphatic rings. The number of rotatable bonds is 6. The van der Waals surface area contributed by atoms with E-state index in [1.165, 1.54) is 0 Å². The summed E-state index contributed by atoms with van der Waals surface area (Å²) >= 11 is 0. The third-order valence-electron chi connectivity index (χ3n) is 4.10. The van der Waals surface area contributed by atoms with Crippen LogP contribution in [-0.2, 0) is 22.4 Å². The first-order valence-electron chi connectivity index (χ1n) is 8.43. The zero-order valence-electron chi connectivity index (χ0n) is 14.3. The number of primary amides is 1. The lowest BCUT2D eigenvalue weighted by molar-refractivity contribution is -0.117. The number of para-hydroxylation sites is 1. The molecule has 0 heterocycles. The molecule has 3 rings (SSSR count). The van der Waals surface area contributed by atoms with Gasteiger partial charge in [-0.05, 0) is 34.4 Å². The molecule has 0 saturated heterocycles. The summed E-state index contributed by atoms with van der Waals surface area (Å²) in [5.74, 6) is -0.465. The van der Waals surface area contributed by atoms with Crippen molar-refractivity contribution in [3.63, 3.8) is 0 Å². The van der Waals surface area contributed by atoms with Gasteiger partial charge in [-0.1, -0.05) is 66.7 Å². The number of nitrogens with one attached hydrogen (secondary N) is 1. The summed E-state index contributed by atoms with van der Waals surface area (Å²) in [5, 5.41) is 2.90. The van der Waals surface area contributed by atoms with Crippen molar-refractivity contribution in [3.05, 3.63) is 90.0 Å². The molecule has 0 radical (unpaired) electrons. The minimum absolute atomic E-state index is 0.0870. The highest BCUT2D eigenvalue weighted by Gasteiger charge is 2.13. The Balaban J connectivity index is 1.87. The van der Waals surface area contributed by atoms with Crippen molar-refractivity contribution in [1.82, 2.24) is 0 Å². The van der Waals surface area contributed by atoms with Crippen LogP contribution in [0, 0.1) is 0 Å². The second-order valence-electron chi connectivity index (χ2n) is 6.05. The van der Waals surface area contributed by atoms with E-state index in [0.29, 0.717) is 0 Å². The fourth-order valence-electron chi connectivity index (χ4n) is 2.96. The molecule has 0 unspecified atom stereocenters. The number of amides is 2. The number of carbonyl (C=O) groups excluding carboxylic acids is 2. The third kappa shape index (κ3) is 4.36. The first-order chi connectivity index (χ1) is 12.6. The average molecular weight is 344 g/mol. The molecule has 3 aromatic carbocycles. The van der Waals surface area contributed by atoms with Gasteiger partial charge in [0.2, 0.25) is 11.8 Å². The molecule has 130 valence electrons. The van der Waals surface area contributed by atoms with Crippen molar-refractivity contribution in [2.24, 2.45) is 5.73 Å². The molecule has 3 aromatic rings. The summed E-state index contributed by atoms with van der Waals surface area (Å²) in [6, 6.07) is 24.7. The van der Waals surface area contributed by atoms with Crippen LogP contribution >= 0.6 is 0 Å². The van der Waals surface area contributed by atoms with Crippen LogP contribution in [0.1, 0.15) is 11.1 Å².